The van der Waals surface area contributed by atoms with Gasteiger partial charge >= 0.3 is 0 Å². The predicted octanol–water partition coefficient (Wildman–Crippen LogP) is 2.79. The van der Waals surface area contributed by atoms with Crippen molar-refractivity contribution in [3.63, 3.8) is 0 Å². The van der Waals surface area contributed by atoms with Crippen LogP contribution >= 0.6 is 0 Å². The lowest BCUT2D eigenvalue weighted by Crippen LogP contribution is -2.51. The Hall–Kier alpha value is -3.07. The second kappa shape index (κ2) is 12.2. The van der Waals surface area contributed by atoms with E-state index in [1.807, 2.05) is 37.3 Å². The lowest BCUT2D eigenvalue weighted by atomic mass is 10.1. The maximum atomic E-state index is 13.5. The number of nitrogens with one attached hydrogen (secondary N) is 1. The Bertz CT molecular complexity index is 1030. The molecule has 0 saturated carbocycles. The molecular formula is C24H33N3O5S. The highest BCUT2D eigenvalue weighted by atomic mass is 32.2. The van der Waals surface area contributed by atoms with Gasteiger partial charge < -0.3 is 15.0 Å². The summed E-state index contributed by atoms with van der Waals surface area (Å²) in [5.41, 5.74) is 1.10. The van der Waals surface area contributed by atoms with Gasteiger partial charge in [-0.1, -0.05) is 55.8 Å². The quantitative estimate of drug-likeness (QED) is 0.476. The van der Waals surface area contributed by atoms with Gasteiger partial charge in [-0.05, 0) is 31.0 Å². The van der Waals surface area contributed by atoms with Gasteiger partial charge in [0.05, 0.1) is 19.1 Å². The van der Waals surface area contributed by atoms with E-state index in [9.17, 15) is 18.0 Å². The molecule has 0 aromatic heterocycles. The van der Waals surface area contributed by atoms with Crippen LogP contribution in [0.15, 0.2) is 54.6 Å². The van der Waals surface area contributed by atoms with Crippen molar-refractivity contribution in [2.75, 3.05) is 30.8 Å². The summed E-state index contributed by atoms with van der Waals surface area (Å²) in [5, 5.41) is 2.85. The van der Waals surface area contributed by atoms with E-state index in [0.29, 0.717) is 12.3 Å². The summed E-state index contributed by atoms with van der Waals surface area (Å²) >= 11 is 0. The SMILES string of the molecule is CCCCNC(=O)[C@H](C)N(Cc1ccccc1)C(=O)CN(c1ccccc1OC)S(C)(=O)=O. The average Bonchev–Trinajstić information content (AvgIpc) is 2.80. The Morgan fingerprint density at radius 2 is 1.70 bits per heavy atom. The number of ether oxygens (including phenoxy) is 1. The molecule has 0 fully saturated rings. The van der Waals surface area contributed by atoms with E-state index in [2.05, 4.69) is 5.32 Å². The zero-order valence-corrected chi connectivity index (χ0v) is 20.5. The van der Waals surface area contributed by atoms with Crippen LogP contribution in [0.2, 0.25) is 0 Å². The van der Waals surface area contributed by atoms with Crippen LogP contribution in [-0.4, -0.2) is 57.6 Å². The van der Waals surface area contributed by atoms with Gasteiger partial charge in [-0.2, -0.15) is 0 Å². The molecule has 9 heteroatoms. The van der Waals surface area contributed by atoms with E-state index in [0.717, 1.165) is 29.0 Å². The second-order valence-corrected chi connectivity index (χ2v) is 9.68. The van der Waals surface area contributed by atoms with Gasteiger partial charge in [0.2, 0.25) is 21.8 Å². The minimum absolute atomic E-state index is 0.172. The van der Waals surface area contributed by atoms with Crippen molar-refractivity contribution in [2.45, 2.75) is 39.3 Å². The van der Waals surface area contributed by atoms with Crippen LogP contribution in [0.1, 0.15) is 32.3 Å². The third-order valence-corrected chi connectivity index (χ3v) is 6.35. The van der Waals surface area contributed by atoms with Gasteiger partial charge in [0.1, 0.15) is 18.3 Å². The molecule has 0 bridgehead atoms. The van der Waals surface area contributed by atoms with Crippen LogP contribution in [-0.2, 0) is 26.2 Å². The van der Waals surface area contributed by atoms with Crippen molar-refractivity contribution in [3.05, 3.63) is 60.2 Å². The summed E-state index contributed by atoms with van der Waals surface area (Å²) in [7, 11) is -2.37. The van der Waals surface area contributed by atoms with Gasteiger partial charge in [0.25, 0.3) is 0 Å². The Balaban J connectivity index is 2.35. The highest BCUT2D eigenvalue weighted by Crippen LogP contribution is 2.29. The Kier molecular flexibility index (Phi) is 9.72. The zero-order chi connectivity index (χ0) is 24.4. The molecule has 33 heavy (non-hydrogen) atoms. The summed E-state index contributed by atoms with van der Waals surface area (Å²) in [6, 6.07) is 15.1. The maximum absolute atomic E-state index is 13.5. The summed E-state index contributed by atoms with van der Waals surface area (Å²) in [4.78, 5) is 27.6. The molecule has 0 spiro atoms. The molecule has 0 aliphatic carbocycles. The monoisotopic (exact) mass is 475 g/mol. The molecule has 2 amide bonds. The minimum Gasteiger partial charge on any atom is -0.495 e. The number of benzene rings is 2. The summed E-state index contributed by atoms with van der Waals surface area (Å²) in [5.74, 6) is -0.444. The lowest BCUT2D eigenvalue weighted by Gasteiger charge is -2.31. The molecule has 2 rings (SSSR count). The van der Waals surface area contributed by atoms with E-state index >= 15 is 0 Å². The van der Waals surface area contributed by atoms with Gasteiger partial charge in [-0.25, -0.2) is 8.42 Å². The van der Waals surface area contributed by atoms with E-state index in [-0.39, 0.29) is 18.1 Å². The molecule has 0 saturated heterocycles. The number of unbranched alkanes of at least 4 members (excludes halogenated alkanes) is 1. The number of sulfonamides is 1. The number of hydrogen-bond donors (Lipinski definition) is 1. The van der Waals surface area contributed by atoms with Gasteiger partial charge in [-0.15, -0.1) is 0 Å². The predicted molar refractivity (Wildman–Crippen MR) is 130 cm³/mol. The molecule has 2 aromatic carbocycles. The molecule has 0 aliphatic rings. The van der Waals surface area contributed by atoms with Crippen LogP contribution in [0.3, 0.4) is 0 Å². The number of anilines is 1. The highest BCUT2D eigenvalue weighted by Gasteiger charge is 2.30. The Morgan fingerprint density at radius 1 is 1.06 bits per heavy atom. The van der Waals surface area contributed by atoms with Crippen LogP contribution in [0, 0.1) is 0 Å². The molecular weight excluding hydrogens is 442 g/mol. The first-order valence-corrected chi connectivity index (χ1v) is 12.8. The lowest BCUT2D eigenvalue weighted by molar-refractivity contribution is -0.139. The molecule has 1 N–H and O–H groups in total. The van der Waals surface area contributed by atoms with Crippen LogP contribution in [0.4, 0.5) is 5.69 Å². The number of hydrogen-bond acceptors (Lipinski definition) is 5. The van der Waals surface area contributed by atoms with Crippen LogP contribution in [0.5, 0.6) is 5.75 Å². The first kappa shape index (κ1) is 26.2. The molecule has 8 nitrogen and oxygen atoms in total. The third kappa shape index (κ3) is 7.49. The molecule has 1 atom stereocenters. The van der Waals surface area contributed by atoms with Gasteiger partial charge in [0.15, 0.2) is 0 Å². The highest BCUT2D eigenvalue weighted by molar-refractivity contribution is 7.92. The fraction of sp³-hybridized carbons (Fsp3) is 0.417. The van der Waals surface area contributed by atoms with Crippen molar-refractivity contribution in [2.24, 2.45) is 0 Å². The van der Waals surface area contributed by atoms with E-state index in [1.165, 1.54) is 12.0 Å². The van der Waals surface area contributed by atoms with Crippen LogP contribution in [0.25, 0.3) is 0 Å². The van der Waals surface area contributed by atoms with Crippen molar-refractivity contribution in [3.8, 4) is 5.75 Å². The normalized spacial score (nSPS) is 12.0. The average molecular weight is 476 g/mol. The largest absolute Gasteiger partial charge is 0.495 e. The zero-order valence-electron chi connectivity index (χ0n) is 19.7. The van der Waals surface area contributed by atoms with Crippen molar-refractivity contribution >= 4 is 27.5 Å². The summed E-state index contributed by atoms with van der Waals surface area (Å²) in [6.45, 7) is 3.91. The first-order chi connectivity index (χ1) is 15.7. The molecule has 0 aliphatic heterocycles. The topological polar surface area (TPSA) is 96.0 Å². The number of rotatable bonds is 12. The molecule has 2 aromatic rings. The van der Waals surface area contributed by atoms with E-state index in [1.54, 1.807) is 31.2 Å². The number of methoxy groups -OCH3 is 1. The smallest absolute Gasteiger partial charge is 0.244 e. The number of carbonyl (C=O) groups is 2. The van der Waals surface area contributed by atoms with Gasteiger partial charge in [-0.3, -0.25) is 13.9 Å². The molecule has 0 radical (unpaired) electrons. The maximum Gasteiger partial charge on any atom is 0.244 e. The third-order valence-electron chi connectivity index (χ3n) is 5.23. The molecule has 0 unspecified atom stereocenters. The molecule has 0 heterocycles. The van der Waals surface area contributed by atoms with E-state index < -0.39 is 28.5 Å². The fourth-order valence-corrected chi connectivity index (χ4v) is 4.18. The summed E-state index contributed by atoms with van der Waals surface area (Å²) in [6.07, 6.45) is 2.80. The first-order valence-electron chi connectivity index (χ1n) is 10.9. The van der Waals surface area contributed by atoms with Crippen molar-refractivity contribution in [1.82, 2.24) is 10.2 Å². The van der Waals surface area contributed by atoms with Crippen molar-refractivity contribution in [1.29, 1.82) is 0 Å². The number of nitrogens with zero attached hydrogens (tertiary/aromatic N) is 2. The number of para-hydroxylation sites is 2. The molecule has 180 valence electrons. The fourth-order valence-electron chi connectivity index (χ4n) is 3.33. The second-order valence-electron chi connectivity index (χ2n) is 7.77. The summed E-state index contributed by atoms with van der Waals surface area (Å²) < 4.78 is 31.5. The van der Waals surface area contributed by atoms with E-state index in [4.69, 9.17) is 4.74 Å². The Morgan fingerprint density at radius 3 is 2.30 bits per heavy atom. The standard InChI is InChI=1S/C24H33N3O5S/c1-5-6-16-25-24(29)19(2)26(17-20-12-8-7-9-13-20)23(28)18-27(33(4,30)31)21-14-10-11-15-22(21)32-3/h7-15,19H,5-6,16-18H2,1-4H3,(H,25,29)/t19-/m0/s1. The van der Waals surface area contributed by atoms with Crippen molar-refractivity contribution < 1.29 is 22.7 Å². The number of carbonyl (C=O) groups excluding carboxylic acids is 2. The minimum atomic E-state index is -3.81. The number of amides is 2. The Labute approximate surface area is 196 Å². The van der Waals surface area contributed by atoms with Crippen LogP contribution < -0.4 is 14.4 Å². The van der Waals surface area contributed by atoms with Gasteiger partial charge in [0, 0.05) is 13.1 Å².